The lowest BCUT2D eigenvalue weighted by molar-refractivity contribution is 0.618. The Labute approximate surface area is 73.3 Å². The normalized spacial score (nSPS) is 10.8. The summed E-state index contributed by atoms with van der Waals surface area (Å²) in [6.07, 6.45) is 1.64. The highest BCUT2D eigenvalue weighted by atomic mass is 35.5. The second kappa shape index (κ2) is 2.75. The van der Waals surface area contributed by atoms with Crippen LogP contribution in [0.4, 0.5) is 4.39 Å². The number of alkyl halides is 1. The Bertz CT molecular complexity index is 410. The van der Waals surface area contributed by atoms with E-state index < -0.39 is 0 Å². The molecule has 1 aromatic carbocycles. The molecule has 0 aliphatic rings. The van der Waals surface area contributed by atoms with Crippen molar-refractivity contribution in [2.45, 2.75) is 5.88 Å². The van der Waals surface area contributed by atoms with Crippen LogP contribution < -0.4 is 0 Å². The second-order valence-corrected chi connectivity index (χ2v) is 2.80. The van der Waals surface area contributed by atoms with Crippen LogP contribution in [0.15, 0.2) is 18.3 Å². The van der Waals surface area contributed by atoms with Gasteiger partial charge in [0.1, 0.15) is 5.82 Å². The fraction of sp³-hybridized carbons (Fsp3) is 0.125. The maximum absolute atomic E-state index is 13.1. The fourth-order valence-corrected chi connectivity index (χ4v) is 1.32. The van der Waals surface area contributed by atoms with Gasteiger partial charge in [0.05, 0.1) is 17.6 Å². The molecule has 0 aliphatic carbocycles. The molecule has 0 bridgehead atoms. The second-order valence-electron chi connectivity index (χ2n) is 2.53. The zero-order valence-corrected chi connectivity index (χ0v) is 6.90. The Hall–Kier alpha value is -1.09. The van der Waals surface area contributed by atoms with E-state index in [9.17, 15) is 4.39 Å². The van der Waals surface area contributed by atoms with Crippen LogP contribution in [0.1, 0.15) is 5.56 Å². The highest BCUT2D eigenvalue weighted by molar-refractivity contribution is 6.17. The van der Waals surface area contributed by atoms with Gasteiger partial charge in [-0.3, -0.25) is 5.10 Å². The largest absolute Gasteiger partial charge is 0.278 e. The minimum absolute atomic E-state index is 0.187. The van der Waals surface area contributed by atoms with Gasteiger partial charge in [-0.15, -0.1) is 11.6 Å². The van der Waals surface area contributed by atoms with Gasteiger partial charge in [0.15, 0.2) is 0 Å². The maximum Gasteiger partial charge on any atom is 0.129 e. The van der Waals surface area contributed by atoms with Crippen LogP contribution in [0.2, 0.25) is 0 Å². The number of halogens is 2. The number of H-pyrrole nitrogens is 1. The molecule has 0 fully saturated rings. The molecular formula is C8H6ClFN2. The predicted molar refractivity (Wildman–Crippen MR) is 45.6 cm³/mol. The quantitative estimate of drug-likeness (QED) is 0.678. The minimum Gasteiger partial charge on any atom is -0.278 e. The van der Waals surface area contributed by atoms with Crippen LogP contribution >= 0.6 is 11.6 Å². The van der Waals surface area contributed by atoms with Gasteiger partial charge in [-0.2, -0.15) is 5.10 Å². The van der Waals surface area contributed by atoms with Crippen LogP contribution in [0.25, 0.3) is 10.9 Å². The van der Waals surface area contributed by atoms with Crippen LogP contribution in [0, 0.1) is 5.82 Å². The minimum atomic E-state index is -0.290. The number of rotatable bonds is 1. The highest BCUT2D eigenvalue weighted by Gasteiger charge is 2.03. The number of benzene rings is 1. The van der Waals surface area contributed by atoms with Gasteiger partial charge in [-0.1, -0.05) is 0 Å². The number of nitrogens with zero attached hydrogens (tertiary/aromatic N) is 1. The molecule has 1 N–H and O–H groups in total. The summed E-state index contributed by atoms with van der Waals surface area (Å²) in [6, 6.07) is 3.10. The maximum atomic E-state index is 13.1. The van der Waals surface area contributed by atoms with E-state index in [0.29, 0.717) is 11.1 Å². The van der Waals surface area contributed by atoms with Crippen molar-refractivity contribution in [1.29, 1.82) is 0 Å². The molecule has 2 rings (SSSR count). The van der Waals surface area contributed by atoms with Crippen LogP contribution in [0.5, 0.6) is 0 Å². The van der Waals surface area contributed by atoms with Crippen molar-refractivity contribution in [1.82, 2.24) is 10.2 Å². The zero-order valence-electron chi connectivity index (χ0n) is 6.14. The molecule has 0 atom stereocenters. The van der Waals surface area contributed by atoms with Crippen molar-refractivity contribution >= 4 is 22.5 Å². The molecule has 62 valence electrons. The van der Waals surface area contributed by atoms with E-state index in [1.807, 2.05) is 0 Å². The molecule has 0 unspecified atom stereocenters. The molecule has 0 saturated carbocycles. The molecular weight excluding hydrogens is 179 g/mol. The molecule has 0 radical (unpaired) electrons. The van der Waals surface area contributed by atoms with E-state index in [2.05, 4.69) is 10.2 Å². The van der Waals surface area contributed by atoms with Crippen LogP contribution in [0.3, 0.4) is 0 Å². The monoisotopic (exact) mass is 184 g/mol. The summed E-state index contributed by atoms with van der Waals surface area (Å²) in [4.78, 5) is 0. The van der Waals surface area contributed by atoms with Crippen molar-refractivity contribution in [3.63, 3.8) is 0 Å². The SMILES string of the molecule is Fc1cc2[nH]ncc2cc1CCl. The van der Waals surface area contributed by atoms with Gasteiger partial charge >= 0.3 is 0 Å². The van der Waals surface area contributed by atoms with Crippen LogP contribution in [-0.4, -0.2) is 10.2 Å². The summed E-state index contributed by atoms with van der Waals surface area (Å²) in [5.74, 6) is -0.103. The number of hydrogen-bond acceptors (Lipinski definition) is 1. The van der Waals surface area contributed by atoms with Gasteiger partial charge in [0, 0.05) is 10.9 Å². The van der Waals surface area contributed by atoms with Crippen molar-refractivity contribution in [3.8, 4) is 0 Å². The van der Waals surface area contributed by atoms with Gasteiger partial charge in [0.25, 0.3) is 0 Å². The first-order valence-corrected chi connectivity index (χ1v) is 4.02. The lowest BCUT2D eigenvalue weighted by Gasteiger charge is -1.96. The fourth-order valence-electron chi connectivity index (χ4n) is 1.11. The van der Waals surface area contributed by atoms with Gasteiger partial charge in [0.2, 0.25) is 0 Å². The number of aromatic nitrogens is 2. The van der Waals surface area contributed by atoms with E-state index in [1.54, 1.807) is 12.3 Å². The van der Waals surface area contributed by atoms with Crippen molar-refractivity contribution in [2.75, 3.05) is 0 Å². The summed E-state index contributed by atoms with van der Waals surface area (Å²) in [5, 5.41) is 7.34. The third-order valence-corrected chi connectivity index (χ3v) is 2.04. The average molecular weight is 185 g/mol. The number of nitrogens with one attached hydrogen (secondary N) is 1. The third-order valence-electron chi connectivity index (χ3n) is 1.75. The van der Waals surface area contributed by atoms with Gasteiger partial charge in [-0.25, -0.2) is 4.39 Å². The van der Waals surface area contributed by atoms with E-state index in [1.165, 1.54) is 6.07 Å². The van der Waals surface area contributed by atoms with Gasteiger partial charge in [-0.05, 0) is 12.1 Å². The highest BCUT2D eigenvalue weighted by Crippen LogP contribution is 2.18. The Morgan fingerprint density at radius 3 is 3.08 bits per heavy atom. The lowest BCUT2D eigenvalue weighted by Crippen LogP contribution is -1.85. The summed E-state index contributed by atoms with van der Waals surface area (Å²) < 4.78 is 13.1. The Morgan fingerprint density at radius 1 is 1.50 bits per heavy atom. The molecule has 0 spiro atoms. The van der Waals surface area contributed by atoms with E-state index in [4.69, 9.17) is 11.6 Å². The summed E-state index contributed by atoms with van der Waals surface area (Å²) in [6.45, 7) is 0. The van der Waals surface area contributed by atoms with E-state index in [-0.39, 0.29) is 11.7 Å². The zero-order chi connectivity index (χ0) is 8.55. The van der Waals surface area contributed by atoms with Crippen molar-refractivity contribution in [2.24, 2.45) is 0 Å². The molecule has 1 aromatic heterocycles. The summed E-state index contributed by atoms with van der Waals surface area (Å²) in [5.41, 5.74) is 1.20. The molecule has 2 nitrogen and oxygen atoms in total. The standard InChI is InChI=1S/C8H6ClFN2/c9-3-5-1-6-4-11-12-8(6)2-7(5)10/h1-2,4H,3H2,(H,11,12). The van der Waals surface area contributed by atoms with Crippen molar-refractivity contribution < 1.29 is 4.39 Å². The van der Waals surface area contributed by atoms with Crippen LogP contribution in [-0.2, 0) is 5.88 Å². The van der Waals surface area contributed by atoms with E-state index in [0.717, 1.165) is 5.39 Å². The Kier molecular flexibility index (Phi) is 1.73. The molecule has 0 saturated heterocycles. The predicted octanol–water partition coefficient (Wildman–Crippen LogP) is 2.44. The number of hydrogen-bond donors (Lipinski definition) is 1. The first kappa shape index (κ1) is 7.55. The molecule has 0 aliphatic heterocycles. The number of aromatic amines is 1. The third kappa shape index (κ3) is 1.06. The smallest absolute Gasteiger partial charge is 0.129 e. The topological polar surface area (TPSA) is 28.7 Å². The Morgan fingerprint density at radius 2 is 2.33 bits per heavy atom. The number of fused-ring (bicyclic) bond motifs is 1. The average Bonchev–Trinajstić information content (AvgIpc) is 2.49. The summed E-state index contributed by atoms with van der Waals surface area (Å²) in [7, 11) is 0. The lowest BCUT2D eigenvalue weighted by atomic mass is 10.2. The summed E-state index contributed by atoms with van der Waals surface area (Å²) >= 11 is 5.53. The molecule has 0 amide bonds. The molecule has 4 heteroatoms. The first-order chi connectivity index (χ1) is 5.81. The molecule has 1 heterocycles. The first-order valence-electron chi connectivity index (χ1n) is 3.48. The molecule has 2 aromatic rings. The van der Waals surface area contributed by atoms with Crippen molar-refractivity contribution in [3.05, 3.63) is 29.7 Å². The Balaban J connectivity index is 2.73. The molecule has 12 heavy (non-hydrogen) atoms. The van der Waals surface area contributed by atoms with E-state index >= 15 is 0 Å². The van der Waals surface area contributed by atoms with Gasteiger partial charge < -0.3 is 0 Å².